The Balaban J connectivity index is 1.52. The number of amides is 2. The predicted molar refractivity (Wildman–Crippen MR) is 113 cm³/mol. The normalized spacial score (nSPS) is 16.6. The van der Waals surface area contributed by atoms with E-state index >= 15 is 0 Å². The molecule has 1 unspecified atom stereocenters. The Morgan fingerprint density at radius 1 is 1.18 bits per heavy atom. The fourth-order valence-electron chi connectivity index (χ4n) is 3.53. The molecule has 6 nitrogen and oxygen atoms in total. The second-order valence-corrected chi connectivity index (χ2v) is 7.87. The lowest BCUT2D eigenvalue weighted by Crippen LogP contribution is -2.28. The summed E-state index contributed by atoms with van der Waals surface area (Å²) in [6.07, 6.45) is 0.169. The molecule has 4 rings (SSSR count). The molecule has 7 heteroatoms. The first-order valence-corrected chi connectivity index (χ1v) is 9.70. The van der Waals surface area contributed by atoms with Crippen LogP contribution in [0.1, 0.15) is 12.0 Å². The van der Waals surface area contributed by atoms with Crippen molar-refractivity contribution >= 4 is 50.0 Å². The van der Waals surface area contributed by atoms with Gasteiger partial charge in [0, 0.05) is 40.3 Å². The zero-order chi connectivity index (χ0) is 19.8. The van der Waals surface area contributed by atoms with Gasteiger partial charge in [-0.1, -0.05) is 28.1 Å². The lowest BCUT2D eigenvalue weighted by Gasteiger charge is -2.17. The summed E-state index contributed by atoms with van der Waals surface area (Å²) in [7, 11) is 0. The third-order valence-corrected chi connectivity index (χ3v) is 5.43. The van der Waals surface area contributed by atoms with Crippen LogP contribution < -0.4 is 15.8 Å². The van der Waals surface area contributed by atoms with Gasteiger partial charge in [-0.2, -0.15) is 0 Å². The molecule has 2 aromatic carbocycles. The van der Waals surface area contributed by atoms with Crippen molar-refractivity contribution in [3.05, 3.63) is 68.9 Å². The molecule has 1 saturated heterocycles. The number of aryl methyl sites for hydroxylation is 1. The highest BCUT2D eigenvalue weighted by Gasteiger charge is 2.35. The zero-order valence-electron chi connectivity index (χ0n) is 15.2. The van der Waals surface area contributed by atoms with Crippen molar-refractivity contribution in [3.8, 4) is 0 Å². The second-order valence-electron chi connectivity index (χ2n) is 6.95. The molecule has 0 spiro atoms. The molecule has 2 heterocycles. The third kappa shape index (κ3) is 3.57. The standard InChI is InChI=1S/C21H18BrN3O3/c1-12-7-19(26)24-18-10-15(5-6-17(12)18)23-21(28)13-8-20(27)25(11-13)16-4-2-3-14(22)9-16/h2-7,9-10,13H,8,11H2,1H3,(H,23,28)(H,24,26). The van der Waals surface area contributed by atoms with Gasteiger partial charge in [-0.3, -0.25) is 14.4 Å². The summed E-state index contributed by atoms with van der Waals surface area (Å²) in [5.41, 5.74) is 2.73. The van der Waals surface area contributed by atoms with Crippen LogP contribution in [0.15, 0.2) is 57.8 Å². The largest absolute Gasteiger partial charge is 0.326 e. The maximum absolute atomic E-state index is 12.7. The molecular weight excluding hydrogens is 422 g/mol. The number of H-pyrrole nitrogens is 1. The van der Waals surface area contributed by atoms with Crippen LogP contribution in [0.25, 0.3) is 10.9 Å². The number of aromatic amines is 1. The van der Waals surface area contributed by atoms with Crippen LogP contribution in [-0.2, 0) is 9.59 Å². The van der Waals surface area contributed by atoms with Crippen LogP contribution in [0.5, 0.6) is 0 Å². The van der Waals surface area contributed by atoms with Crippen LogP contribution in [0.3, 0.4) is 0 Å². The first kappa shape index (κ1) is 18.4. The third-order valence-electron chi connectivity index (χ3n) is 4.93. The maximum Gasteiger partial charge on any atom is 0.248 e. The van der Waals surface area contributed by atoms with Crippen molar-refractivity contribution in [3.63, 3.8) is 0 Å². The topological polar surface area (TPSA) is 82.3 Å². The Kier molecular flexibility index (Phi) is 4.77. The lowest BCUT2D eigenvalue weighted by atomic mass is 10.1. The van der Waals surface area contributed by atoms with E-state index in [0.29, 0.717) is 17.7 Å². The molecule has 142 valence electrons. The molecule has 1 aromatic heterocycles. The fraction of sp³-hybridized carbons (Fsp3) is 0.190. The number of rotatable bonds is 3. The van der Waals surface area contributed by atoms with Crippen molar-refractivity contribution in [2.45, 2.75) is 13.3 Å². The number of carbonyl (C=O) groups excluding carboxylic acids is 2. The van der Waals surface area contributed by atoms with Crippen LogP contribution >= 0.6 is 15.9 Å². The smallest absolute Gasteiger partial charge is 0.248 e. The van der Waals surface area contributed by atoms with Crippen molar-refractivity contribution in [2.75, 3.05) is 16.8 Å². The van der Waals surface area contributed by atoms with E-state index < -0.39 is 5.92 Å². The number of carbonyl (C=O) groups is 2. The summed E-state index contributed by atoms with van der Waals surface area (Å²) in [5, 5.41) is 3.80. The van der Waals surface area contributed by atoms with E-state index in [9.17, 15) is 14.4 Å². The molecule has 0 radical (unpaired) electrons. The van der Waals surface area contributed by atoms with Crippen LogP contribution in [0, 0.1) is 12.8 Å². The van der Waals surface area contributed by atoms with E-state index in [1.165, 1.54) is 0 Å². The average molecular weight is 440 g/mol. The van der Waals surface area contributed by atoms with E-state index in [1.54, 1.807) is 23.1 Å². The molecule has 1 aliphatic heterocycles. The molecule has 1 atom stereocenters. The summed E-state index contributed by atoms with van der Waals surface area (Å²) < 4.78 is 0.881. The number of pyridine rings is 1. The molecule has 2 N–H and O–H groups in total. The highest BCUT2D eigenvalue weighted by Crippen LogP contribution is 2.28. The number of nitrogens with one attached hydrogen (secondary N) is 2. The van der Waals surface area contributed by atoms with Crippen LogP contribution in [0.4, 0.5) is 11.4 Å². The van der Waals surface area contributed by atoms with E-state index in [4.69, 9.17) is 0 Å². The molecule has 3 aromatic rings. The number of hydrogen-bond acceptors (Lipinski definition) is 3. The summed E-state index contributed by atoms with van der Waals surface area (Å²) in [6.45, 7) is 2.21. The van der Waals surface area contributed by atoms with Gasteiger partial charge in [0.25, 0.3) is 0 Å². The Bertz CT molecular complexity index is 1160. The van der Waals surface area contributed by atoms with Crippen molar-refractivity contribution in [1.82, 2.24) is 4.98 Å². The Hall–Kier alpha value is -2.93. The quantitative estimate of drug-likeness (QED) is 0.653. The highest BCUT2D eigenvalue weighted by molar-refractivity contribution is 9.10. The fourth-order valence-corrected chi connectivity index (χ4v) is 3.92. The van der Waals surface area contributed by atoms with E-state index in [2.05, 4.69) is 26.2 Å². The SMILES string of the molecule is Cc1cc(=O)[nH]c2cc(NC(=O)C3CC(=O)N(c4cccc(Br)c4)C3)ccc12. The Labute approximate surface area is 169 Å². The monoisotopic (exact) mass is 439 g/mol. The number of nitrogens with zero attached hydrogens (tertiary/aromatic N) is 1. The molecular formula is C21H18BrN3O3. The van der Waals surface area contributed by atoms with Gasteiger partial charge in [-0.15, -0.1) is 0 Å². The minimum atomic E-state index is -0.432. The number of anilines is 2. The van der Waals surface area contributed by atoms with E-state index in [-0.39, 0.29) is 23.8 Å². The van der Waals surface area contributed by atoms with Gasteiger partial charge < -0.3 is 15.2 Å². The summed E-state index contributed by atoms with van der Waals surface area (Å²) in [6, 6.07) is 14.4. The van der Waals surface area contributed by atoms with Crippen molar-refractivity contribution in [2.24, 2.45) is 5.92 Å². The summed E-state index contributed by atoms with van der Waals surface area (Å²) >= 11 is 3.40. The summed E-state index contributed by atoms with van der Waals surface area (Å²) in [4.78, 5) is 41.2. The van der Waals surface area contributed by atoms with Gasteiger partial charge in [0.05, 0.1) is 11.4 Å². The maximum atomic E-state index is 12.7. The Morgan fingerprint density at radius 3 is 2.79 bits per heavy atom. The van der Waals surface area contributed by atoms with Gasteiger partial charge in [-0.05, 0) is 42.8 Å². The number of benzene rings is 2. The first-order chi connectivity index (χ1) is 13.4. The van der Waals surface area contributed by atoms with Crippen molar-refractivity contribution < 1.29 is 9.59 Å². The average Bonchev–Trinajstić information content (AvgIpc) is 3.03. The van der Waals surface area contributed by atoms with E-state index in [0.717, 1.165) is 21.1 Å². The molecule has 0 bridgehead atoms. The first-order valence-electron chi connectivity index (χ1n) is 8.91. The van der Waals surface area contributed by atoms with E-state index in [1.807, 2.05) is 37.3 Å². The number of aromatic nitrogens is 1. The van der Waals surface area contributed by atoms with Gasteiger partial charge in [0.2, 0.25) is 17.4 Å². The van der Waals surface area contributed by atoms with Gasteiger partial charge in [0.15, 0.2) is 0 Å². The molecule has 2 amide bonds. The van der Waals surface area contributed by atoms with Crippen LogP contribution in [0.2, 0.25) is 0 Å². The number of halogens is 1. The molecule has 1 aliphatic rings. The van der Waals surface area contributed by atoms with Gasteiger partial charge in [-0.25, -0.2) is 0 Å². The minimum Gasteiger partial charge on any atom is -0.326 e. The Morgan fingerprint density at radius 2 is 2.00 bits per heavy atom. The van der Waals surface area contributed by atoms with Gasteiger partial charge in [0.1, 0.15) is 0 Å². The minimum absolute atomic E-state index is 0.0725. The zero-order valence-corrected chi connectivity index (χ0v) is 16.7. The van der Waals surface area contributed by atoms with Crippen LogP contribution in [-0.4, -0.2) is 23.3 Å². The molecule has 0 aliphatic carbocycles. The highest BCUT2D eigenvalue weighted by atomic mass is 79.9. The summed E-state index contributed by atoms with van der Waals surface area (Å²) in [5.74, 6) is -0.712. The second kappa shape index (κ2) is 7.24. The molecule has 1 fully saturated rings. The van der Waals surface area contributed by atoms with Crippen molar-refractivity contribution in [1.29, 1.82) is 0 Å². The number of fused-ring (bicyclic) bond motifs is 1. The van der Waals surface area contributed by atoms with Gasteiger partial charge >= 0.3 is 0 Å². The molecule has 0 saturated carbocycles. The predicted octanol–water partition coefficient (Wildman–Crippen LogP) is 3.59. The molecule has 28 heavy (non-hydrogen) atoms. The number of hydrogen-bond donors (Lipinski definition) is 2. The lowest BCUT2D eigenvalue weighted by molar-refractivity contribution is -0.122.